The minimum absolute atomic E-state index is 0.0287. The second-order valence-corrected chi connectivity index (χ2v) is 5.15. The summed E-state index contributed by atoms with van der Waals surface area (Å²) in [6.45, 7) is 3.55. The summed E-state index contributed by atoms with van der Waals surface area (Å²) in [7, 11) is 4.08. The summed E-state index contributed by atoms with van der Waals surface area (Å²) in [6.07, 6.45) is 0. The molecule has 1 unspecified atom stereocenters. The van der Waals surface area contributed by atoms with Crippen molar-refractivity contribution in [3.63, 3.8) is 0 Å². The summed E-state index contributed by atoms with van der Waals surface area (Å²) in [5.41, 5.74) is 7.11. The maximum absolute atomic E-state index is 6.05. The van der Waals surface area contributed by atoms with E-state index < -0.39 is 0 Å². The van der Waals surface area contributed by atoms with Crippen LogP contribution in [0.4, 0.5) is 0 Å². The Labute approximate surface area is 115 Å². The Bertz CT molecular complexity index is 549. The molecule has 102 valence electrons. The van der Waals surface area contributed by atoms with Crippen molar-refractivity contribution < 1.29 is 4.74 Å². The highest BCUT2D eigenvalue weighted by molar-refractivity contribution is 5.89. The van der Waals surface area contributed by atoms with Gasteiger partial charge in [-0.3, -0.25) is 0 Å². The molecule has 2 aromatic rings. The number of likely N-dealkylation sites (N-methyl/N-ethyl adjacent to an activating group) is 1. The lowest BCUT2D eigenvalue weighted by atomic mass is 10.0. The second kappa shape index (κ2) is 6.04. The Morgan fingerprint density at radius 2 is 1.89 bits per heavy atom. The van der Waals surface area contributed by atoms with Gasteiger partial charge >= 0.3 is 0 Å². The molecule has 0 heterocycles. The van der Waals surface area contributed by atoms with Gasteiger partial charge in [0.2, 0.25) is 0 Å². The lowest BCUT2D eigenvalue weighted by molar-refractivity contribution is 0.261. The first-order valence-electron chi connectivity index (χ1n) is 6.64. The molecule has 0 fully saturated rings. The molecule has 0 aliphatic rings. The van der Waals surface area contributed by atoms with Gasteiger partial charge in [-0.1, -0.05) is 36.4 Å². The first kappa shape index (κ1) is 13.8. The van der Waals surface area contributed by atoms with Gasteiger partial charge in [-0.25, -0.2) is 0 Å². The van der Waals surface area contributed by atoms with Crippen LogP contribution in [0.3, 0.4) is 0 Å². The van der Waals surface area contributed by atoms with Crippen molar-refractivity contribution in [1.29, 1.82) is 0 Å². The first-order chi connectivity index (χ1) is 9.09. The van der Waals surface area contributed by atoms with Gasteiger partial charge in [0.05, 0.1) is 0 Å². The number of ether oxygens (including phenoxy) is 1. The molecule has 0 saturated carbocycles. The minimum Gasteiger partial charge on any atom is -0.491 e. The molecule has 3 nitrogen and oxygen atoms in total. The SMILES string of the molecule is CC(N)c1ccc2ccccc2c1OCCN(C)C. The lowest BCUT2D eigenvalue weighted by Gasteiger charge is -2.18. The van der Waals surface area contributed by atoms with E-state index in [-0.39, 0.29) is 6.04 Å². The van der Waals surface area contributed by atoms with Crippen molar-refractivity contribution in [2.75, 3.05) is 27.2 Å². The highest BCUT2D eigenvalue weighted by Crippen LogP contribution is 2.32. The smallest absolute Gasteiger partial charge is 0.131 e. The van der Waals surface area contributed by atoms with Crippen molar-refractivity contribution in [2.45, 2.75) is 13.0 Å². The molecule has 2 N–H and O–H groups in total. The largest absolute Gasteiger partial charge is 0.491 e. The van der Waals surface area contributed by atoms with Crippen LogP contribution in [0.2, 0.25) is 0 Å². The van der Waals surface area contributed by atoms with Crippen molar-refractivity contribution >= 4 is 10.8 Å². The van der Waals surface area contributed by atoms with Gasteiger partial charge in [0, 0.05) is 23.5 Å². The van der Waals surface area contributed by atoms with Gasteiger partial charge in [-0.2, -0.15) is 0 Å². The Kier molecular flexibility index (Phi) is 4.40. The molecule has 0 bridgehead atoms. The molecule has 0 saturated heterocycles. The number of hydrogen-bond acceptors (Lipinski definition) is 3. The average Bonchev–Trinajstić information content (AvgIpc) is 2.38. The van der Waals surface area contributed by atoms with Crippen molar-refractivity contribution in [2.24, 2.45) is 5.73 Å². The molecular formula is C16H22N2O. The Morgan fingerprint density at radius 3 is 2.58 bits per heavy atom. The van der Waals surface area contributed by atoms with Crippen LogP contribution < -0.4 is 10.5 Å². The summed E-state index contributed by atoms with van der Waals surface area (Å²) in [5, 5.41) is 2.32. The predicted octanol–water partition coefficient (Wildman–Crippen LogP) is 2.80. The maximum Gasteiger partial charge on any atom is 0.131 e. The van der Waals surface area contributed by atoms with E-state index in [0.717, 1.165) is 23.2 Å². The van der Waals surface area contributed by atoms with Gasteiger partial charge in [0.1, 0.15) is 12.4 Å². The van der Waals surface area contributed by atoms with E-state index in [2.05, 4.69) is 29.2 Å². The van der Waals surface area contributed by atoms with Crippen LogP contribution in [0.15, 0.2) is 36.4 Å². The number of fused-ring (bicyclic) bond motifs is 1. The third-order valence-corrected chi connectivity index (χ3v) is 3.19. The van der Waals surface area contributed by atoms with Crippen LogP contribution >= 0.6 is 0 Å². The molecule has 1 atom stereocenters. The lowest BCUT2D eigenvalue weighted by Crippen LogP contribution is -2.20. The Balaban J connectivity index is 2.38. The Morgan fingerprint density at radius 1 is 1.16 bits per heavy atom. The van der Waals surface area contributed by atoms with Gasteiger partial charge < -0.3 is 15.4 Å². The normalized spacial score (nSPS) is 12.9. The molecule has 0 spiro atoms. The summed E-state index contributed by atoms with van der Waals surface area (Å²) < 4.78 is 6.00. The average molecular weight is 258 g/mol. The van der Waals surface area contributed by atoms with Crippen LogP contribution in [0.25, 0.3) is 10.8 Å². The fourth-order valence-corrected chi connectivity index (χ4v) is 2.11. The molecule has 0 aliphatic heterocycles. The maximum atomic E-state index is 6.05. The number of rotatable bonds is 5. The molecule has 0 radical (unpaired) electrons. The zero-order valence-corrected chi connectivity index (χ0v) is 11.9. The van der Waals surface area contributed by atoms with Gasteiger partial charge in [-0.15, -0.1) is 0 Å². The van der Waals surface area contributed by atoms with Crippen molar-refractivity contribution in [1.82, 2.24) is 4.90 Å². The highest BCUT2D eigenvalue weighted by Gasteiger charge is 2.12. The molecule has 19 heavy (non-hydrogen) atoms. The van der Waals surface area contributed by atoms with Gasteiger partial charge in [0.15, 0.2) is 0 Å². The van der Waals surface area contributed by atoms with E-state index in [0.29, 0.717) is 6.61 Å². The third-order valence-electron chi connectivity index (χ3n) is 3.19. The van der Waals surface area contributed by atoms with Crippen LogP contribution in [0.5, 0.6) is 5.75 Å². The zero-order chi connectivity index (χ0) is 13.8. The van der Waals surface area contributed by atoms with Gasteiger partial charge in [-0.05, 0) is 26.4 Å². The van der Waals surface area contributed by atoms with Crippen LogP contribution in [-0.2, 0) is 0 Å². The van der Waals surface area contributed by atoms with Crippen molar-refractivity contribution in [3.8, 4) is 5.75 Å². The predicted molar refractivity (Wildman–Crippen MR) is 80.6 cm³/mol. The quantitative estimate of drug-likeness (QED) is 0.896. The minimum atomic E-state index is -0.0287. The number of hydrogen-bond donors (Lipinski definition) is 1. The molecule has 0 aromatic heterocycles. The number of nitrogens with zero attached hydrogens (tertiary/aromatic N) is 1. The van der Waals surface area contributed by atoms with Crippen LogP contribution in [0.1, 0.15) is 18.5 Å². The van der Waals surface area contributed by atoms with Gasteiger partial charge in [0.25, 0.3) is 0 Å². The third kappa shape index (κ3) is 3.25. The summed E-state index contributed by atoms with van der Waals surface area (Å²) in [6, 6.07) is 12.4. The first-order valence-corrected chi connectivity index (χ1v) is 6.64. The van der Waals surface area contributed by atoms with E-state index in [9.17, 15) is 0 Å². The molecule has 3 heteroatoms. The van der Waals surface area contributed by atoms with Crippen molar-refractivity contribution in [3.05, 3.63) is 42.0 Å². The number of nitrogens with two attached hydrogens (primary N) is 1. The van der Waals surface area contributed by atoms with E-state index in [1.807, 2.05) is 33.2 Å². The second-order valence-electron chi connectivity index (χ2n) is 5.15. The molecule has 2 aromatic carbocycles. The Hall–Kier alpha value is -1.58. The van der Waals surface area contributed by atoms with E-state index in [4.69, 9.17) is 10.5 Å². The standard InChI is InChI=1S/C16H22N2O/c1-12(17)14-9-8-13-6-4-5-7-15(13)16(14)19-11-10-18(2)3/h4-9,12H,10-11,17H2,1-3H3. The molecule has 0 amide bonds. The fourth-order valence-electron chi connectivity index (χ4n) is 2.11. The van der Waals surface area contributed by atoms with E-state index >= 15 is 0 Å². The van der Waals surface area contributed by atoms with E-state index in [1.54, 1.807) is 0 Å². The molecule has 2 rings (SSSR count). The molecule has 0 aliphatic carbocycles. The highest BCUT2D eigenvalue weighted by atomic mass is 16.5. The summed E-state index contributed by atoms with van der Waals surface area (Å²) in [5.74, 6) is 0.926. The van der Waals surface area contributed by atoms with Crippen LogP contribution in [-0.4, -0.2) is 32.1 Å². The topological polar surface area (TPSA) is 38.5 Å². The molecular weight excluding hydrogens is 236 g/mol. The summed E-state index contributed by atoms with van der Waals surface area (Å²) >= 11 is 0. The number of benzene rings is 2. The van der Waals surface area contributed by atoms with E-state index in [1.165, 1.54) is 5.39 Å². The zero-order valence-electron chi connectivity index (χ0n) is 11.9. The van der Waals surface area contributed by atoms with Crippen LogP contribution in [0, 0.1) is 0 Å². The monoisotopic (exact) mass is 258 g/mol. The summed E-state index contributed by atoms with van der Waals surface area (Å²) in [4.78, 5) is 2.11. The fraction of sp³-hybridized carbons (Fsp3) is 0.375.